The molecule has 2 rings (SSSR count). The smallest absolute Gasteiger partial charge is 0.246 e. The van der Waals surface area contributed by atoms with E-state index in [2.05, 4.69) is 10.5 Å². The third-order valence-electron chi connectivity index (χ3n) is 7.40. The fourth-order valence-corrected chi connectivity index (χ4v) is 7.89. The first-order chi connectivity index (χ1) is 20.0. The number of sulfone groups is 1. The van der Waals surface area contributed by atoms with Gasteiger partial charge in [0.25, 0.3) is 0 Å². The van der Waals surface area contributed by atoms with Crippen LogP contribution in [0, 0.1) is 5.41 Å². The van der Waals surface area contributed by atoms with Gasteiger partial charge in [-0.25, -0.2) is 8.42 Å². The number of aliphatic hydroxyl groups excluding tert-OH is 2. The van der Waals surface area contributed by atoms with Crippen LogP contribution in [-0.4, -0.2) is 75.0 Å². The number of hydrogen-bond acceptors (Lipinski definition) is 10. The second-order valence-corrected chi connectivity index (χ2v) is 14.7. The van der Waals surface area contributed by atoms with E-state index in [-0.39, 0.29) is 35.8 Å². The highest BCUT2D eigenvalue weighted by Crippen LogP contribution is 2.46. The van der Waals surface area contributed by atoms with Crippen molar-refractivity contribution in [1.82, 2.24) is 0 Å². The average molecular weight is 640 g/mol. The molecule has 0 saturated heterocycles. The topological polar surface area (TPSA) is 130 Å². The standard InChI is InChI=1S/C31H47O10SSi/c1-11-14-40-28-25(38-9)17-20(18-26(28)42(34,35)31(5,6)29(41-43)30(2,3)4)22(33)13-12-21(32)19-15-23(36-7)27(39-10)24(16-19)37-8/h15-18,21-22,29,32-33H,11-14H2,1-10H3. The van der Waals surface area contributed by atoms with Crippen LogP contribution in [0.5, 0.6) is 28.7 Å². The molecule has 43 heavy (non-hydrogen) atoms. The number of methoxy groups -OCH3 is 4. The van der Waals surface area contributed by atoms with E-state index in [9.17, 15) is 18.6 Å². The molecule has 0 fully saturated rings. The number of benzene rings is 2. The van der Waals surface area contributed by atoms with E-state index in [0.29, 0.717) is 34.8 Å². The van der Waals surface area contributed by atoms with Crippen molar-refractivity contribution >= 4 is 20.3 Å². The summed E-state index contributed by atoms with van der Waals surface area (Å²) in [7, 11) is 4.85. The maximum absolute atomic E-state index is 14.4. The van der Waals surface area contributed by atoms with E-state index in [1.54, 1.807) is 32.0 Å². The summed E-state index contributed by atoms with van der Waals surface area (Å²) in [6, 6.07) is 6.28. The minimum atomic E-state index is -4.14. The van der Waals surface area contributed by atoms with Gasteiger partial charge in [-0.05, 0) is 73.9 Å². The van der Waals surface area contributed by atoms with Gasteiger partial charge in [-0.2, -0.15) is 0 Å². The number of hydrogen-bond donors (Lipinski definition) is 2. The van der Waals surface area contributed by atoms with Crippen LogP contribution in [0.25, 0.3) is 0 Å². The molecule has 0 aromatic heterocycles. The molecule has 12 heteroatoms. The van der Waals surface area contributed by atoms with Crippen molar-refractivity contribution in [3.8, 4) is 28.7 Å². The van der Waals surface area contributed by atoms with E-state index in [1.807, 2.05) is 27.7 Å². The van der Waals surface area contributed by atoms with Crippen molar-refractivity contribution in [3.05, 3.63) is 35.4 Å². The summed E-state index contributed by atoms with van der Waals surface area (Å²) >= 11 is 0. The first kappa shape index (κ1) is 36.7. The lowest BCUT2D eigenvalue weighted by atomic mass is 9.82. The minimum Gasteiger partial charge on any atom is -0.493 e. The molecule has 0 heterocycles. The third-order valence-corrected chi connectivity index (χ3v) is 10.1. The molecular weight excluding hydrogens is 592 g/mol. The normalized spacial score (nSPS) is 14.5. The lowest BCUT2D eigenvalue weighted by Crippen LogP contribution is -2.51. The van der Waals surface area contributed by atoms with Gasteiger partial charge in [-0.15, -0.1) is 0 Å². The van der Waals surface area contributed by atoms with Crippen LogP contribution in [0.3, 0.4) is 0 Å². The van der Waals surface area contributed by atoms with Crippen molar-refractivity contribution in [2.24, 2.45) is 5.41 Å². The summed E-state index contributed by atoms with van der Waals surface area (Å²) < 4.78 is 60.5. The first-order valence-electron chi connectivity index (χ1n) is 14.1. The zero-order chi connectivity index (χ0) is 32.8. The highest BCUT2D eigenvalue weighted by atomic mass is 32.2. The van der Waals surface area contributed by atoms with E-state index < -0.39 is 38.3 Å². The van der Waals surface area contributed by atoms with Crippen molar-refractivity contribution in [2.75, 3.05) is 35.0 Å². The maximum atomic E-state index is 14.4. The molecule has 2 N–H and O–H groups in total. The van der Waals surface area contributed by atoms with Gasteiger partial charge < -0.3 is 38.3 Å². The van der Waals surface area contributed by atoms with Crippen LogP contribution >= 0.6 is 0 Å². The molecule has 0 amide bonds. The Balaban J connectivity index is 2.55. The average Bonchev–Trinajstić information content (AvgIpc) is 2.96. The molecule has 0 saturated carbocycles. The summed E-state index contributed by atoms with van der Waals surface area (Å²) in [5.41, 5.74) is 0.265. The Kier molecular flexibility index (Phi) is 12.8. The van der Waals surface area contributed by atoms with E-state index in [1.165, 1.54) is 34.5 Å². The molecule has 3 unspecified atom stereocenters. The molecule has 0 aliphatic rings. The molecule has 2 aromatic rings. The van der Waals surface area contributed by atoms with Crippen molar-refractivity contribution in [1.29, 1.82) is 0 Å². The Bertz CT molecular complexity index is 1300. The van der Waals surface area contributed by atoms with Crippen LogP contribution in [0.1, 0.15) is 84.1 Å². The zero-order valence-electron chi connectivity index (χ0n) is 26.9. The number of rotatable bonds is 16. The lowest BCUT2D eigenvalue weighted by Gasteiger charge is -2.41. The molecule has 0 aliphatic carbocycles. The molecule has 0 bridgehead atoms. The van der Waals surface area contributed by atoms with Crippen LogP contribution in [0.4, 0.5) is 0 Å². The second-order valence-electron chi connectivity index (χ2n) is 11.9. The summed E-state index contributed by atoms with van der Waals surface area (Å²) in [5, 5.41) is 22.3. The summed E-state index contributed by atoms with van der Waals surface area (Å²) in [5.74, 6) is 1.43. The molecule has 3 radical (unpaired) electrons. The summed E-state index contributed by atoms with van der Waals surface area (Å²) in [6.45, 7) is 11.1. The summed E-state index contributed by atoms with van der Waals surface area (Å²) in [6.07, 6.45) is -1.98. The Morgan fingerprint density at radius 1 is 0.767 bits per heavy atom. The quantitative estimate of drug-likeness (QED) is 0.239. The van der Waals surface area contributed by atoms with Gasteiger partial charge in [0.15, 0.2) is 32.8 Å². The zero-order valence-corrected chi connectivity index (χ0v) is 28.8. The Hall–Kier alpha value is -2.51. The highest BCUT2D eigenvalue weighted by molar-refractivity contribution is 7.93. The highest BCUT2D eigenvalue weighted by Gasteiger charge is 2.49. The first-order valence-corrected chi connectivity index (χ1v) is 16.0. The lowest BCUT2D eigenvalue weighted by molar-refractivity contribution is 0.0661. The van der Waals surface area contributed by atoms with Crippen LogP contribution < -0.4 is 23.7 Å². The molecule has 10 nitrogen and oxygen atoms in total. The van der Waals surface area contributed by atoms with E-state index in [4.69, 9.17) is 28.1 Å². The molecule has 0 aliphatic heterocycles. The molecule has 3 atom stereocenters. The predicted molar refractivity (Wildman–Crippen MR) is 165 cm³/mol. The second kappa shape index (κ2) is 15.0. The Morgan fingerprint density at radius 3 is 1.58 bits per heavy atom. The molecule has 2 aromatic carbocycles. The van der Waals surface area contributed by atoms with Gasteiger partial charge >= 0.3 is 0 Å². The fourth-order valence-electron chi connectivity index (χ4n) is 5.22. The van der Waals surface area contributed by atoms with Gasteiger partial charge in [-0.3, -0.25) is 0 Å². The predicted octanol–water partition coefficient (Wildman–Crippen LogP) is 5.12. The molecular formula is C31H47O10SSi. The van der Waals surface area contributed by atoms with E-state index in [0.717, 1.165) is 0 Å². The fraction of sp³-hybridized carbons (Fsp3) is 0.613. The van der Waals surface area contributed by atoms with Gasteiger partial charge in [0.2, 0.25) is 16.2 Å². The van der Waals surface area contributed by atoms with Crippen molar-refractivity contribution < 1.29 is 46.7 Å². The van der Waals surface area contributed by atoms with Crippen LogP contribution in [0.15, 0.2) is 29.2 Å². The Morgan fingerprint density at radius 2 is 1.21 bits per heavy atom. The molecule has 241 valence electrons. The molecule has 0 spiro atoms. The number of aliphatic hydroxyl groups is 2. The van der Waals surface area contributed by atoms with Crippen LogP contribution in [-0.2, 0) is 14.3 Å². The Labute approximate surface area is 260 Å². The third kappa shape index (κ3) is 7.96. The van der Waals surface area contributed by atoms with Gasteiger partial charge in [-0.1, -0.05) is 27.7 Å². The monoisotopic (exact) mass is 639 g/mol. The van der Waals surface area contributed by atoms with Crippen LogP contribution in [0.2, 0.25) is 0 Å². The van der Waals surface area contributed by atoms with Gasteiger partial charge in [0.1, 0.15) is 4.90 Å². The van der Waals surface area contributed by atoms with Crippen molar-refractivity contribution in [2.45, 2.75) is 88.8 Å². The van der Waals surface area contributed by atoms with Gasteiger partial charge in [0.05, 0.1) is 58.1 Å². The maximum Gasteiger partial charge on any atom is 0.246 e. The summed E-state index contributed by atoms with van der Waals surface area (Å²) in [4.78, 5) is -0.109. The van der Waals surface area contributed by atoms with Gasteiger partial charge in [0, 0.05) is 0 Å². The number of ether oxygens (including phenoxy) is 5. The minimum absolute atomic E-state index is 0.0763. The largest absolute Gasteiger partial charge is 0.493 e. The van der Waals surface area contributed by atoms with Crippen molar-refractivity contribution in [3.63, 3.8) is 0 Å². The SMILES string of the molecule is CCCOc1c(OC)cc(C(O)CCC(O)c2cc(OC)c(OC)c(OC)c2)cc1S(=O)(=O)C(C)(C)C(O[Si])C(C)(C)C. The van der Waals surface area contributed by atoms with E-state index >= 15 is 0 Å².